The summed E-state index contributed by atoms with van der Waals surface area (Å²) in [7, 11) is 0. The first-order valence-electron chi connectivity index (χ1n) is 15.1. The second-order valence-corrected chi connectivity index (χ2v) is 12.8. The molecule has 0 atom stereocenters. The molecule has 0 N–H and O–H groups in total. The maximum atomic E-state index is 2.43. The summed E-state index contributed by atoms with van der Waals surface area (Å²) in [6, 6.07) is 56.0. The molecule has 10 aromatic rings. The Labute approximate surface area is 257 Å². The van der Waals surface area contributed by atoms with Crippen molar-refractivity contribution in [2.24, 2.45) is 0 Å². The third-order valence-electron chi connectivity index (χ3n) is 9.36. The van der Waals surface area contributed by atoms with Gasteiger partial charge in [-0.05, 0) is 92.0 Å². The fourth-order valence-electron chi connectivity index (χ4n) is 7.36. The largest absolute Gasteiger partial charge is 0.309 e. The van der Waals surface area contributed by atoms with Crippen LogP contribution in [0.3, 0.4) is 0 Å². The predicted molar refractivity (Wildman–Crippen MR) is 192 cm³/mol. The lowest BCUT2D eigenvalue weighted by atomic mass is 9.91. The molecule has 0 unspecified atom stereocenters. The van der Waals surface area contributed by atoms with Crippen molar-refractivity contribution in [3.63, 3.8) is 0 Å². The summed E-state index contributed by atoms with van der Waals surface area (Å²) in [6.07, 6.45) is 0. The Kier molecular flexibility index (Phi) is 4.94. The zero-order chi connectivity index (χ0) is 28.8. The minimum absolute atomic E-state index is 1.18. The van der Waals surface area contributed by atoms with Crippen LogP contribution in [0.2, 0.25) is 0 Å². The fourth-order valence-corrected chi connectivity index (χ4v) is 8.50. The van der Waals surface area contributed by atoms with Gasteiger partial charge in [0.25, 0.3) is 0 Å². The summed E-state index contributed by atoms with van der Waals surface area (Å²) in [5.74, 6) is 0. The molecular formula is C42H25NS. The number of nitrogens with zero attached hydrogens (tertiary/aromatic N) is 1. The van der Waals surface area contributed by atoms with Crippen LogP contribution in [0.15, 0.2) is 152 Å². The van der Waals surface area contributed by atoms with Gasteiger partial charge in [0.05, 0.1) is 11.0 Å². The highest BCUT2D eigenvalue weighted by Crippen LogP contribution is 2.42. The van der Waals surface area contributed by atoms with E-state index in [0.717, 1.165) is 0 Å². The summed E-state index contributed by atoms with van der Waals surface area (Å²) < 4.78 is 5.09. The lowest BCUT2D eigenvalue weighted by molar-refractivity contribution is 1.18. The van der Waals surface area contributed by atoms with Gasteiger partial charge >= 0.3 is 0 Å². The molecule has 0 saturated heterocycles. The molecule has 0 aliphatic rings. The van der Waals surface area contributed by atoms with Crippen LogP contribution in [0, 0.1) is 0 Å². The number of para-hydroxylation sites is 2. The van der Waals surface area contributed by atoms with Gasteiger partial charge in [-0.1, -0.05) is 103 Å². The molecule has 2 heterocycles. The molecule has 10 rings (SSSR count). The number of hydrogen-bond acceptors (Lipinski definition) is 1. The van der Waals surface area contributed by atoms with Crippen molar-refractivity contribution in [3.8, 4) is 16.8 Å². The predicted octanol–water partition coefficient (Wildman–Crippen LogP) is 12.3. The quantitative estimate of drug-likeness (QED) is 0.181. The third kappa shape index (κ3) is 3.35. The normalized spacial score (nSPS) is 12.1. The Morgan fingerprint density at radius 2 is 0.886 bits per heavy atom. The molecule has 0 aliphatic carbocycles. The van der Waals surface area contributed by atoms with E-state index in [2.05, 4.69) is 156 Å². The summed E-state index contributed by atoms with van der Waals surface area (Å²) in [6.45, 7) is 0. The van der Waals surface area contributed by atoms with Crippen LogP contribution in [-0.4, -0.2) is 4.57 Å². The number of rotatable bonds is 2. The molecule has 0 bridgehead atoms. The molecule has 2 aromatic heterocycles. The standard InChI is InChI=1S/C42H25NS/c1-2-10-28(11-3-1)43-39-16-8-6-14-32(39)38-24-36-31-20-18-26(22-35(31)29-12-4-5-13-30(29)37(36)25-40(38)43)27-19-21-34-33-15-7-9-17-41(33)44-42(34)23-27/h1-25H. The Morgan fingerprint density at radius 3 is 1.70 bits per heavy atom. The minimum atomic E-state index is 1.18. The summed E-state index contributed by atoms with van der Waals surface area (Å²) in [5.41, 5.74) is 6.17. The molecule has 44 heavy (non-hydrogen) atoms. The Balaban J connectivity index is 1.27. The summed E-state index contributed by atoms with van der Waals surface area (Å²) in [5, 5.41) is 13.0. The first kappa shape index (κ1) is 24.0. The van der Waals surface area contributed by atoms with E-state index in [4.69, 9.17) is 0 Å². The second kappa shape index (κ2) is 9.03. The van der Waals surface area contributed by atoms with Crippen LogP contribution in [0.25, 0.3) is 91.1 Å². The van der Waals surface area contributed by atoms with E-state index in [1.807, 2.05) is 11.3 Å². The summed E-state index contributed by atoms with van der Waals surface area (Å²) in [4.78, 5) is 0. The number of benzene rings is 8. The van der Waals surface area contributed by atoms with E-state index < -0.39 is 0 Å². The summed E-state index contributed by atoms with van der Waals surface area (Å²) >= 11 is 1.88. The van der Waals surface area contributed by atoms with Gasteiger partial charge in [0.15, 0.2) is 0 Å². The molecule has 0 spiro atoms. The third-order valence-corrected chi connectivity index (χ3v) is 10.5. The van der Waals surface area contributed by atoms with Gasteiger partial charge in [0.1, 0.15) is 0 Å². The van der Waals surface area contributed by atoms with Crippen molar-refractivity contribution in [3.05, 3.63) is 152 Å². The minimum Gasteiger partial charge on any atom is -0.309 e. The van der Waals surface area contributed by atoms with E-state index in [0.29, 0.717) is 0 Å². The number of thiophene rings is 1. The van der Waals surface area contributed by atoms with E-state index in [-0.39, 0.29) is 0 Å². The van der Waals surface area contributed by atoms with Gasteiger partial charge in [0.2, 0.25) is 0 Å². The Bertz CT molecular complexity index is 2760. The van der Waals surface area contributed by atoms with Gasteiger partial charge in [-0.3, -0.25) is 0 Å². The number of fused-ring (bicyclic) bond motifs is 12. The fraction of sp³-hybridized carbons (Fsp3) is 0. The second-order valence-electron chi connectivity index (χ2n) is 11.7. The van der Waals surface area contributed by atoms with Crippen molar-refractivity contribution >= 4 is 85.6 Å². The number of hydrogen-bond donors (Lipinski definition) is 0. The highest BCUT2D eigenvalue weighted by atomic mass is 32.1. The van der Waals surface area contributed by atoms with Crippen molar-refractivity contribution in [2.75, 3.05) is 0 Å². The van der Waals surface area contributed by atoms with Crippen molar-refractivity contribution in [1.29, 1.82) is 0 Å². The van der Waals surface area contributed by atoms with E-state index in [9.17, 15) is 0 Å². The van der Waals surface area contributed by atoms with Crippen LogP contribution in [-0.2, 0) is 0 Å². The average molecular weight is 576 g/mol. The molecule has 2 heteroatoms. The van der Waals surface area contributed by atoms with Crippen LogP contribution in [0.4, 0.5) is 0 Å². The molecule has 8 aromatic carbocycles. The zero-order valence-corrected chi connectivity index (χ0v) is 24.6. The molecule has 1 nitrogen and oxygen atoms in total. The van der Waals surface area contributed by atoms with Gasteiger partial charge in [-0.15, -0.1) is 11.3 Å². The van der Waals surface area contributed by atoms with Gasteiger partial charge in [-0.2, -0.15) is 0 Å². The van der Waals surface area contributed by atoms with E-state index in [1.165, 1.54) is 91.1 Å². The van der Waals surface area contributed by atoms with Gasteiger partial charge < -0.3 is 4.57 Å². The Morgan fingerprint density at radius 1 is 0.318 bits per heavy atom. The highest BCUT2D eigenvalue weighted by molar-refractivity contribution is 7.25. The van der Waals surface area contributed by atoms with Crippen LogP contribution < -0.4 is 0 Å². The lowest BCUT2D eigenvalue weighted by Crippen LogP contribution is -1.93. The van der Waals surface area contributed by atoms with E-state index >= 15 is 0 Å². The smallest absolute Gasteiger partial charge is 0.0547 e. The highest BCUT2D eigenvalue weighted by Gasteiger charge is 2.17. The molecule has 0 radical (unpaired) electrons. The maximum Gasteiger partial charge on any atom is 0.0547 e. The molecule has 0 aliphatic heterocycles. The van der Waals surface area contributed by atoms with Crippen molar-refractivity contribution in [1.82, 2.24) is 4.57 Å². The first-order chi connectivity index (χ1) is 21.8. The number of aromatic nitrogens is 1. The van der Waals surface area contributed by atoms with Crippen LogP contribution >= 0.6 is 11.3 Å². The van der Waals surface area contributed by atoms with Crippen molar-refractivity contribution < 1.29 is 0 Å². The molecule has 204 valence electrons. The molecular weight excluding hydrogens is 551 g/mol. The Hall–Kier alpha value is -5.44. The van der Waals surface area contributed by atoms with Crippen molar-refractivity contribution in [2.45, 2.75) is 0 Å². The lowest BCUT2D eigenvalue weighted by Gasteiger charge is -2.14. The average Bonchev–Trinajstić information content (AvgIpc) is 3.62. The molecule has 0 amide bonds. The van der Waals surface area contributed by atoms with Gasteiger partial charge in [0, 0.05) is 36.6 Å². The molecule has 0 fully saturated rings. The van der Waals surface area contributed by atoms with Crippen LogP contribution in [0.5, 0.6) is 0 Å². The van der Waals surface area contributed by atoms with Gasteiger partial charge in [-0.25, -0.2) is 0 Å². The monoisotopic (exact) mass is 575 g/mol. The first-order valence-corrected chi connectivity index (χ1v) is 15.9. The topological polar surface area (TPSA) is 4.93 Å². The zero-order valence-electron chi connectivity index (χ0n) is 23.8. The maximum absolute atomic E-state index is 2.43. The molecule has 0 saturated carbocycles. The van der Waals surface area contributed by atoms with Crippen LogP contribution in [0.1, 0.15) is 0 Å². The van der Waals surface area contributed by atoms with E-state index in [1.54, 1.807) is 0 Å². The SMILES string of the molecule is c1ccc(-n2c3ccccc3c3cc4c5ccc(-c6ccc7c(c6)sc6ccccc67)cc5c5ccccc5c4cc32)cc1.